The van der Waals surface area contributed by atoms with Crippen LogP contribution in [0.15, 0.2) is 70.9 Å². The first-order valence-corrected chi connectivity index (χ1v) is 6.96. The molecule has 0 aromatic rings. The van der Waals surface area contributed by atoms with Gasteiger partial charge in [-0.05, 0) is 63.8 Å². The first kappa shape index (κ1) is 16.2. The van der Waals surface area contributed by atoms with Gasteiger partial charge in [0.2, 0.25) is 0 Å². The summed E-state index contributed by atoms with van der Waals surface area (Å²) in [5, 5.41) is 0. The van der Waals surface area contributed by atoms with Crippen LogP contribution in [0.1, 0.15) is 40.5 Å². The van der Waals surface area contributed by atoms with Crippen molar-refractivity contribution in [2.75, 3.05) is 0 Å². The van der Waals surface area contributed by atoms with E-state index in [-0.39, 0.29) is 5.78 Å². The predicted molar refractivity (Wildman–Crippen MR) is 87.5 cm³/mol. The number of carbonyl (C=O) groups excluding carboxylic acids is 1. The Kier molecular flexibility index (Phi) is 5.69. The van der Waals surface area contributed by atoms with Crippen molar-refractivity contribution >= 4 is 5.78 Å². The van der Waals surface area contributed by atoms with Crippen molar-refractivity contribution in [3.8, 4) is 0 Å². The molecule has 1 rings (SSSR count). The number of Topliss-reactive ketones (excluding diaryl/α,β-unsaturated/α-hetero) is 1. The van der Waals surface area contributed by atoms with Crippen LogP contribution in [0.5, 0.6) is 0 Å². The fourth-order valence-electron chi connectivity index (χ4n) is 2.14. The molecule has 106 valence electrons. The molecule has 0 aliphatic heterocycles. The van der Waals surface area contributed by atoms with Gasteiger partial charge in [0.1, 0.15) is 0 Å². The normalized spacial score (nSPS) is 21.7. The van der Waals surface area contributed by atoms with Gasteiger partial charge in [0.15, 0.2) is 5.78 Å². The van der Waals surface area contributed by atoms with E-state index in [1.54, 1.807) is 0 Å². The average molecular weight is 268 g/mol. The van der Waals surface area contributed by atoms with Crippen molar-refractivity contribution in [1.82, 2.24) is 0 Å². The first-order chi connectivity index (χ1) is 9.40. The molecule has 0 amide bonds. The van der Waals surface area contributed by atoms with E-state index in [0.717, 1.165) is 46.3 Å². The van der Waals surface area contributed by atoms with Gasteiger partial charge in [0.25, 0.3) is 0 Å². The molecule has 0 N–H and O–H groups in total. The summed E-state index contributed by atoms with van der Waals surface area (Å²) in [5.74, 6) is 0.0885. The molecular formula is C19H24O. The lowest BCUT2D eigenvalue weighted by molar-refractivity contribution is -0.111. The van der Waals surface area contributed by atoms with Gasteiger partial charge >= 0.3 is 0 Å². The second-order valence-corrected chi connectivity index (χ2v) is 5.50. The van der Waals surface area contributed by atoms with Crippen molar-refractivity contribution in [1.29, 1.82) is 0 Å². The minimum absolute atomic E-state index is 0.0885. The molecule has 20 heavy (non-hydrogen) atoms. The van der Waals surface area contributed by atoms with E-state index in [1.807, 2.05) is 52.0 Å². The van der Waals surface area contributed by atoms with Crippen LogP contribution in [-0.4, -0.2) is 5.78 Å². The number of hydrogen-bond acceptors (Lipinski definition) is 1. The van der Waals surface area contributed by atoms with Gasteiger partial charge in [-0.2, -0.15) is 0 Å². The van der Waals surface area contributed by atoms with Crippen LogP contribution < -0.4 is 0 Å². The monoisotopic (exact) mass is 268 g/mol. The number of carbonyl (C=O) groups is 1. The average Bonchev–Trinajstić information content (AvgIpc) is 2.46. The molecule has 0 spiro atoms. The van der Waals surface area contributed by atoms with Crippen LogP contribution in [0.2, 0.25) is 0 Å². The topological polar surface area (TPSA) is 17.1 Å². The lowest BCUT2D eigenvalue weighted by atomic mass is 9.94. The van der Waals surface area contributed by atoms with Gasteiger partial charge in [-0.15, -0.1) is 0 Å². The van der Waals surface area contributed by atoms with Gasteiger partial charge in [0.05, 0.1) is 0 Å². The minimum atomic E-state index is 0.0885. The zero-order chi connectivity index (χ0) is 15.3. The molecule has 1 nitrogen and oxygen atoms in total. The van der Waals surface area contributed by atoms with Crippen molar-refractivity contribution in [3.63, 3.8) is 0 Å². The van der Waals surface area contributed by atoms with Crippen LogP contribution in [0.4, 0.5) is 0 Å². The van der Waals surface area contributed by atoms with Gasteiger partial charge < -0.3 is 0 Å². The third-order valence-corrected chi connectivity index (χ3v) is 3.45. The Morgan fingerprint density at radius 1 is 0.900 bits per heavy atom. The van der Waals surface area contributed by atoms with E-state index in [1.165, 1.54) is 0 Å². The maximum Gasteiger partial charge on any atom is 0.192 e. The molecule has 0 radical (unpaired) electrons. The molecule has 1 aliphatic carbocycles. The summed E-state index contributed by atoms with van der Waals surface area (Å²) in [6, 6.07) is 0. The summed E-state index contributed by atoms with van der Waals surface area (Å²) in [7, 11) is 0. The van der Waals surface area contributed by atoms with E-state index in [0.29, 0.717) is 0 Å². The molecule has 0 saturated carbocycles. The number of allylic oxidation sites excluding steroid dienone is 10. The third kappa shape index (κ3) is 3.80. The molecular weight excluding hydrogens is 244 g/mol. The maximum absolute atomic E-state index is 12.8. The van der Waals surface area contributed by atoms with Crippen LogP contribution in [0.3, 0.4) is 0 Å². The highest BCUT2D eigenvalue weighted by Gasteiger charge is 2.17. The largest absolute Gasteiger partial charge is 0.289 e. The Hall–Kier alpha value is -1.89. The van der Waals surface area contributed by atoms with Gasteiger partial charge in [-0.1, -0.05) is 36.5 Å². The Morgan fingerprint density at radius 2 is 1.25 bits per heavy atom. The molecule has 1 heteroatoms. The molecule has 1 aliphatic rings. The van der Waals surface area contributed by atoms with Crippen LogP contribution in [0, 0.1) is 0 Å². The van der Waals surface area contributed by atoms with Crippen molar-refractivity contribution in [2.24, 2.45) is 0 Å². The lowest BCUT2D eigenvalue weighted by Crippen LogP contribution is -2.07. The minimum Gasteiger partial charge on any atom is -0.289 e. The van der Waals surface area contributed by atoms with E-state index in [4.69, 9.17) is 0 Å². The van der Waals surface area contributed by atoms with Crippen molar-refractivity contribution in [2.45, 2.75) is 40.5 Å². The van der Waals surface area contributed by atoms with Crippen molar-refractivity contribution in [3.05, 3.63) is 70.9 Å². The predicted octanol–water partition coefficient (Wildman–Crippen LogP) is 5.25. The van der Waals surface area contributed by atoms with Crippen LogP contribution >= 0.6 is 0 Å². The molecule has 0 saturated heterocycles. The Morgan fingerprint density at radius 3 is 1.50 bits per heavy atom. The summed E-state index contributed by atoms with van der Waals surface area (Å²) in [5.41, 5.74) is 5.80. The highest BCUT2D eigenvalue weighted by atomic mass is 16.1. The van der Waals surface area contributed by atoms with Crippen molar-refractivity contribution < 1.29 is 4.79 Å². The fourth-order valence-corrected chi connectivity index (χ4v) is 2.14. The van der Waals surface area contributed by atoms with Crippen LogP contribution in [-0.2, 0) is 4.79 Å². The summed E-state index contributed by atoms with van der Waals surface area (Å²) in [6.07, 6.45) is 9.39. The van der Waals surface area contributed by atoms with E-state index in [9.17, 15) is 4.79 Å². The summed E-state index contributed by atoms with van der Waals surface area (Å²) >= 11 is 0. The highest BCUT2D eigenvalue weighted by Crippen LogP contribution is 2.25. The zero-order valence-electron chi connectivity index (χ0n) is 13.0. The highest BCUT2D eigenvalue weighted by molar-refractivity contribution is 6.13. The number of rotatable bonds is 2. The molecule has 0 unspecified atom stereocenters. The standard InChI is InChI=1S/C19H24O/c1-7-15-9-10-16(8-2)12-18(14(5)6)19(20)17(11-15)13(3)4/h7-8,11-12H,1-2,9-10H2,3-6H3/b15-11-,16-12-. The van der Waals surface area contributed by atoms with Gasteiger partial charge in [0, 0.05) is 11.1 Å². The van der Waals surface area contributed by atoms with Gasteiger partial charge in [-0.3, -0.25) is 4.79 Å². The molecule has 0 atom stereocenters. The molecule has 0 heterocycles. The zero-order valence-corrected chi connectivity index (χ0v) is 13.0. The van der Waals surface area contributed by atoms with Gasteiger partial charge in [-0.25, -0.2) is 0 Å². The van der Waals surface area contributed by atoms with Crippen LogP contribution in [0.25, 0.3) is 0 Å². The smallest absolute Gasteiger partial charge is 0.192 e. The Bertz CT molecular complexity index is 505. The molecule has 0 bridgehead atoms. The SMILES string of the molecule is C=C/C1=C/C(=C(C)C)C(=O)C(=C(C)C)/C=C(/C=C)CC1. The maximum atomic E-state index is 12.8. The second kappa shape index (κ2) is 7.04. The lowest BCUT2D eigenvalue weighted by Gasteiger charge is -2.08. The summed E-state index contributed by atoms with van der Waals surface area (Å²) < 4.78 is 0. The second-order valence-electron chi connectivity index (χ2n) is 5.50. The number of ketones is 1. The number of hydrogen-bond donors (Lipinski definition) is 0. The molecule has 0 aromatic carbocycles. The summed E-state index contributed by atoms with van der Waals surface area (Å²) in [4.78, 5) is 12.8. The van der Waals surface area contributed by atoms with E-state index < -0.39 is 0 Å². The first-order valence-electron chi connectivity index (χ1n) is 6.96. The summed E-state index contributed by atoms with van der Waals surface area (Å²) in [6.45, 7) is 15.6. The van der Waals surface area contributed by atoms with E-state index in [2.05, 4.69) is 13.2 Å². The quantitative estimate of drug-likeness (QED) is 0.625. The third-order valence-electron chi connectivity index (χ3n) is 3.45. The molecule has 0 fully saturated rings. The Labute approximate surface area is 122 Å². The Balaban J connectivity index is 3.56. The molecule has 0 aromatic heterocycles. The van der Waals surface area contributed by atoms with E-state index >= 15 is 0 Å². The fraction of sp³-hybridized carbons (Fsp3) is 0.316.